The van der Waals surface area contributed by atoms with Gasteiger partial charge in [0.15, 0.2) is 5.78 Å². The molecule has 14 heavy (non-hydrogen) atoms. The summed E-state index contributed by atoms with van der Waals surface area (Å²) in [7, 11) is 0. The van der Waals surface area contributed by atoms with Crippen LogP contribution in [-0.4, -0.2) is 29.9 Å². The van der Waals surface area contributed by atoms with Gasteiger partial charge in [0.05, 0.1) is 21.8 Å². The Bertz CT molecular complexity index is 350. The van der Waals surface area contributed by atoms with Gasteiger partial charge in [0, 0.05) is 0 Å². The summed E-state index contributed by atoms with van der Waals surface area (Å²) in [6.45, 7) is -0.141. The molecule has 76 valence electrons. The minimum Gasteiger partial charge on any atom is -0.480 e. The Labute approximate surface area is 93.1 Å². The van der Waals surface area contributed by atoms with Gasteiger partial charge < -0.3 is 5.11 Å². The van der Waals surface area contributed by atoms with Crippen LogP contribution in [0.5, 0.6) is 0 Å². The molecule has 0 saturated heterocycles. The van der Waals surface area contributed by atoms with Crippen molar-refractivity contribution in [1.82, 2.24) is 5.32 Å². The number of carboxylic acid groups (broad SMARTS) is 1. The second kappa shape index (κ2) is 5.23. The quantitative estimate of drug-likeness (QED) is 0.798. The van der Waals surface area contributed by atoms with Gasteiger partial charge in [0.2, 0.25) is 0 Å². The number of thiophene rings is 1. The number of halogens is 1. The van der Waals surface area contributed by atoms with Crippen LogP contribution in [0.4, 0.5) is 0 Å². The third-order valence-electron chi connectivity index (χ3n) is 1.41. The molecule has 0 aliphatic rings. The highest BCUT2D eigenvalue weighted by Crippen LogP contribution is 2.22. The molecule has 0 aliphatic carbocycles. The maximum Gasteiger partial charge on any atom is 0.317 e. The van der Waals surface area contributed by atoms with E-state index in [4.69, 9.17) is 5.11 Å². The van der Waals surface area contributed by atoms with Crippen LogP contribution in [0.3, 0.4) is 0 Å². The maximum atomic E-state index is 11.4. The first-order valence-electron chi connectivity index (χ1n) is 3.80. The summed E-state index contributed by atoms with van der Waals surface area (Å²) in [5.74, 6) is -1.06. The fourth-order valence-electron chi connectivity index (χ4n) is 0.834. The third-order valence-corrected chi connectivity index (χ3v) is 3.07. The van der Waals surface area contributed by atoms with Gasteiger partial charge in [-0.05, 0) is 28.1 Å². The topological polar surface area (TPSA) is 66.4 Å². The first kappa shape index (κ1) is 11.4. The number of carbonyl (C=O) groups is 2. The molecule has 0 aliphatic heterocycles. The lowest BCUT2D eigenvalue weighted by Gasteiger charge is -1.98. The molecule has 0 aromatic carbocycles. The molecule has 0 spiro atoms. The maximum absolute atomic E-state index is 11.4. The predicted molar refractivity (Wildman–Crippen MR) is 56.9 cm³/mol. The Morgan fingerprint density at radius 2 is 2.14 bits per heavy atom. The monoisotopic (exact) mass is 277 g/mol. The zero-order chi connectivity index (χ0) is 10.6. The molecule has 1 aromatic heterocycles. The van der Waals surface area contributed by atoms with E-state index in [1.165, 1.54) is 11.3 Å². The largest absolute Gasteiger partial charge is 0.480 e. The molecule has 1 aromatic rings. The summed E-state index contributed by atoms with van der Waals surface area (Å²) in [6, 6.07) is 3.49. The number of carbonyl (C=O) groups excluding carboxylic acids is 1. The van der Waals surface area contributed by atoms with Crippen molar-refractivity contribution in [2.24, 2.45) is 0 Å². The van der Waals surface area contributed by atoms with Gasteiger partial charge in [-0.25, -0.2) is 0 Å². The molecule has 6 heteroatoms. The normalized spacial score (nSPS) is 10.1. The van der Waals surface area contributed by atoms with E-state index in [0.29, 0.717) is 4.88 Å². The van der Waals surface area contributed by atoms with Gasteiger partial charge in [-0.3, -0.25) is 14.9 Å². The Kier molecular flexibility index (Phi) is 4.24. The molecule has 1 heterocycles. The molecule has 0 bridgehead atoms. The summed E-state index contributed by atoms with van der Waals surface area (Å²) >= 11 is 4.58. The molecule has 2 N–H and O–H groups in total. The molecule has 0 radical (unpaired) electrons. The smallest absolute Gasteiger partial charge is 0.317 e. The van der Waals surface area contributed by atoms with Crippen LogP contribution in [0.2, 0.25) is 0 Å². The highest BCUT2D eigenvalue weighted by molar-refractivity contribution is 9.11. The van der Waals surface area contributed by atoms with E-state index in [9.17, 15) is 9.59 Å². The predicted octanol–water partition coefficient (Wildman–Crippen LogP) is 1.37. The van der Waals surface area contributed by atoms with Gasteiger partial charge in [0.1, 0.15) is 0 Å². The van der Waals surface area contributed by atoms with E-state index in [1.54, 1.807) is 12.1 Å². The summed E-state index contributed by atoms with van der Waals surface area (Å²) in [5.41, 5.74) is 0. The molecule has 0 atom stereocenters. The van der Waals surface area contributed by atoms with E-state index in [1.807, 2.05) is 0 Å². The second-order valence-electron chi connectivity index (χ2n) is 2.52. The van der Waals surface area contributed by atoms with Gasteiger partial charge >= 0.3 is 5.97 Å². The zero-order valence-electron chi connectivity index (χ0n) is 7.12. The van der Waals surface area contributed by atoms with Crippen molar-refractivity contribution in [3.8, 4) is 0 Å². The number of rotatable bonds is 5. The minimum absolute atomic E-state index is 0.0548. The molecular weight excluding hydrogens is 270 g/mol. The van der Waals surface area contributed by atoms with Crippen molar-refractivity contribution in [3.05, 3.63) is 20.8 Å². The van der Waals surface area contributed by atoms with E-state index in [-0.39, 0.29) is 18.9 Å². The van der Waals surface area contributed by atoms with E-state index in [2.05, 4.69) is 21.2 Å². The van der Waals surface area contributed by atoms with Crippen LogP contribution in [0.25, 0.3) is 0 Å². The zero-order valence-corrected chi connectivity index (χ0v) is 9.52. The van der Waals surface area contributed by atoms with Crippen molar-refractivity contribution < 1.29 is 14.7 Å². The second-order valence-corrected chi connectivity index (χ2v) is 4.99. The SMILES string of the molecule is O=C(O)CNCC(=O)c1ccc(Br)s1. The van der Waals surface area contributed by atoms with Crippen LogP contribution in [0.1, 0.15) is 9.67 Å². The average molecular weight is 278 g/mol. The van der Waals surface area contributed by atoms with Gasteiger partial charge in [-0.1, -0.05) is 0 Å². The Morgan fingerprint density at radius 3 is 2.64 bits per heavy atom. The third kappa shape index (κ3) is 3.57. The number of Topliss-reactive ketones (excluding diaryl/α,β-unsaturated/α-hetero) is 1. The van der Waals surface area contributed by atoms with Gasteiger partial charge in [0.25, 0.3) is 0 Å². The van der Waals surface area contributed by atoms with Gasteiger partial charge in [-0.2, -0.15) is 0 Å². The standard InChI is InChI=1S/C8H8BrNO3S/c9-7-2-1-6(14-7)5(11)3-10-4-8(12)13/h1-2,10H,3-4H2,(H,12,13). The fraction of sp³-hybridized carbons (Fsp3) is 0.250. The summed E-state index contributed by atoms with van der Waals surface area (Å²) in [4.78, 5) is 22.1. The van der Waals surface area contributed by atoms with Gasteiger partial charge in [-0.15, -0.1) is 11.3 Å². The van der Waals surface area contributed by atoms with E-state index in [0.717, 1.165) is 3.79 Å². The molecular formula is C8H8BrNO3S. The first-order chi connectivity index (χ1) is 6.59. The van der Waals surface area contributed by atoms with Crippen LogP contribution in [0, 0.1) is 0 Å². The fourth-order valence-corrected chi connectivity index (χ4v) is 2.16. The summed E-state index contributed by atoms with van der Waals surface area (Å²) in [6.07, 6.45) is 0. The van der Waals surface area contributed by atoms with Crippen LogP contribution < -0.4 is 5.32 Å². The average Bonchev–Trinajstić information content (AvgIpc) is 2.51. The highest BCUT2D eigenvalue weighted by Gasteiger charge is 2.08. The van der Waals surface area contributed by atoms with Crippen molar-refractivity contribution in [1.29, 1.82) is 0 Å². The molecule has 4 nitrogen and oxygen atoms in total. The summed E-state index contributed by atoms with van der Waals surface area (Å²) < 4.78 is 0.888. The molecule has 0 saturated carbocycles. The first-order valence-corrected chi connectivity index (χ1v) is 5.41. The Balaban J connectivity index is 2.39. The molecule has 0 amide bonds. The minimum atomic E-state index is -0.967. The van der Waals surface area contributed by atoms with Crippen LogP contribution in [-0.2, 0) is 4.79 Å². The molecule has 0 unspecified atom stereocenters. The Hall–Kier alpha value is -0.720. The number of carboxylic acids is 1. The van der Waals surface area contributed by atoms with Crippen molar-refractivity contribution in [2.45, 2.75) is 0 Å². The van der Waals surface area contributed by atoms with Crippen LogP contribution in [0.15, 0.2) is 15.9 Å². The number of aliphatic carboxylic acids is 1. The number of nitrogens with one attached hydrogen (secondary N) is 1. The van der Waals surface area contributed by atoms with Crippen molar-refractivity contribution in [3.63, 3.8) is 0 Å². The lowest BCUT2D eigenvalue weighted by atomic mass is 10.3. The molecule has 1 rings (SSSR count). The van der Waals surface area contributed by atoms with Crippen molar-refractivity contribution in [2.75, 3.05) is 13.1 Å². The van der Waals surface area contributed by atoms with E-state index >= 15 is 0 Å². The molecule has 0 fully saturated rings. The number of hydrogen-bond acceptors (Lipinski definition) is 4. The number of hydrogen-bond donors (Lipinski definition) is 2. The van der Waals surface area contributed by atoms with Crippen LogP contribution >= 0.6 is 27.3 Å². The van der Waals surface area contributed by atoms with E-state index < -0.39 is 5.97 Å². The van der Waals surface area contributed by atoms with Crippen molar-refractivity contribution >= 4 is 39.0 Å². The summed E-state index contributed by atoms with van der Waals surface area (Å²) in [5, 5.41) is 10.9. The lowest BCUT2D eigenvalue weighted by molar-refractivity contribution is -0.135. The number of ketones is 1. The Morgan fingerprint density at radius 1 is 1.43 bits per heavy atom. The highest BCUT2D eigenvalue weighted by atomic mass is 79.9. The lowest BCUT2D eigenvalue weighted by Crippen LogP contribution is -2.28.